The molecule has 0 aromatic heterocycles. The highest BCUT2D eigenvalue weighted by molar-refractivity contribution is 7.89. The number of nitrogens with one attached hydrogen (secondary N) is 1. The third-order valence-corrected chi connectivity index (χ3v) is 3.73. The van der Waals surface area contributed by atoms with Crippen LogP contribution in [-0.2, 0) is 10.0 Å². The van der Waals surface area contributed by atoms with E-state index in [1.165, 1.54) is 19.1 Å². The fraction of sp³-hybridized carbons (Fsp3) is 0.333. The van der Waals surface area contributed by atoms with Gasteiger partial charge in [-0.3, -0.25) is 0 Å². The van der Waals surface area contributed by atoms with E-state index in [4.69, 9.17) is 16.7 Å². The van der Waals surface area contributed by atoms with Gasteiger partial charge in [0, 0.05) is 6.04 Å². The molecule has 0 unspecified atom stereocenters. The van der Waals surface area contributed by atoms with Gasteiger partial charge in [0.1, 0.15) is 4.90 Å². The molecule has 1 aromatic carbocycles. The van der Waals surface area contributed by atoms with Gasteiger partial charge in [0.25, 0.3) is 0 Å². The van der Waals surface area contributed by atoms with Crippen molar-refractivity contribution in [1.29, 1.82) is 0 Å². The van der Waals surface area contributed by atoms with E-state index in [9.17, 15) is 12.8 Å². The second-order valence-electron chi connectivity index (χ2n) is 3.26. The minimum absolute atomic E-state index is 0.264. The summed E-state index contributed by atoms with van der Waals surface area (Å²) in [6.45, 7) is 1.08. The quantitative estimate of drug-likeness (QED) is 0.860. The molecule has 0 bridgehead atoms. The van der Waals surface area contributed by atoms with Crippen LogP contribution in [0, 0.1) is 5.82 Å². The molecule has 0 saturated carbocycles. The van der Waals surface area contributed by atoms with Crippen molar-refractivity contribution in [2.24, 2.45) is 0 Å². The maximum atomic E-state index is 13.4. The lowest BCUT2D eigenvalue weighted by molar-refractivity contribution is 0.265. The van der Waals surface area contributed by atoms with Gasteiger partial charge in [0.05, 0.1) is 11.6 Å². The van der Waals surface area contributed by atoms with Gasteiger partial charge in [0.2, 0.25) is 10.0 Å². The molecule has 1 atom stereocenters. The number of sulfonamides is 1. The van der Waals surface area contributed by atoms with E-state index in [1.807, 2.05) is 0 Å². The summed E-state index contributed by atoms with van der Waals surface area (Å²) in [4.78, 5) is -0.527. The molecule has 0 fully saturated rings. The minimum atomic E-state index is -3.99. The summed E-state index contributed by atoms with van der Waals surface area (Å²) in [5.41, 5.74) is 0. The van der Waals surface area contributed by atoms with Crippen LogP contribution >= 0.6 is 11.6 Å². The molecule has 4 nitrogen and oxygen atoms in total. The van der Waals surface area contributed by atoms with Crippen LogP contribution in [0.2, 0.25) is 5.02 Å². The van der Waals surface area contributed by atoms with E-state index < -0.39 is 26.8 Å². The number of hydrogen-bond donors (Lipinski definition) is 2. The average molecular weight is 268 g/mol. The fourth-order valence-electron chi connectivity index (χ4n) is 1.06. The number of hydrogen-bond acceptors (Lipinski definition) is 3. The van der Waals surface area contributed by atoms with E-state index >= 15 is 0 Å². The monoisotopic (exact) mass is 267 g/mol. The predicted molar refractivity (Wildman–Crippen MR) is 58.3 cm³/mol. The lowest BCUT2D eigenvalue weighted by Crippen LogP contribution is -2.35. The van der Waals surface area contributed by atoms with Crippen LogP contribution in [0.1, 0.15) is 6.92 Å². The largest absolute Gasteiger partial charge is 0.395 e. The summed E-state index contributed by atoms with van der Waals surface area (Å²) in [5, 5.41) is 8.46. The summed E-state index contributed by atoms with van der Waals surface area (Å²) >= 11 is 5.47. The number of rotatable bonds is 4. The van der Waals surface area contributed by atoms with Crippen LogP contribution in [0.25, 0.3) is 0 Å². The summed E-state index contributed by atoms with van der Waals surface area (Å²) in [7, 11) is -3.99. The Kier molecular flexibility index (Phi) is 4.26. The highest BCUT2D eigenvalue weighted by Crippen LogP contribution is 2.21. The van der Waals surface area contributed by atoms with Crippen LogP contribution < -0.4 is 4.72 Å². The standard InChI is InChI=1S/C9H11ClFNO3S/c1-6(5-13)12-16(14,15)8-4-2-3-7(10)9(8)11/h2-4,6,12-13H,5H2,1H3/t6-/m1/s1. The third-order valence-electron chi connectivity index (χ3n) is 1.84. The molecule has 7 heteroatoms. The molecule has 1 aromatic rings. The summed E-state index contributed by atoms with van der Waals surface area (Å²) < 4.78 is 38.9. The van der Waals surface area contributed by atoms with Crippen LogP contribution in [0.15, 0.2) is 23.1 Å². The summed E-state index contributed by atoms with van der Waals surface area (Å²) in [6, 6.07) is 3.01. The van der Waals surface area contributed by atoms with Crippen LogP contribution in [-0.4, -0.2) is 26.2 Å². The van der Waals surface area contributed by atoms with Gasteiger partial charge in [-0.05, 0) is 19.1 Å². The van der Waals surface area contributed by atoms with Crippen molar-refractivity contribution in [3.8, 4) is 0 Å². The van der Waals surface area contributed by atoms with E-state index in [0.29, 0.717) is 0 Å². The molecule has 0 amide bonds. The number of halogens is 2. The zero-order valence-electron chi connectivity index (χ0n) is 8.44. The van der Waals surface area contributed by atoms with Crippen molar-refractivity contribution in [2.75, 3.05) is 6.61 Å². The molecule has 0 radical (unpaired) electrons. The highest BCUT2D eigenvalue weighted by atomic mass is 35.5. The Balaban J connectivity index is 3.13. The number of aliphatic hydroxyl groups excluding tert-OH is 1. The Morgan fingerprint density at radius 1 is 1.56 bits per heavy atom. The predicted octanol–water partition coefficient (Wildman–Crippen LogP) is 1.14. The Bertz CT molecular complexity index is 478. The van der Waals surface area contributed by atoms with E-state index in [2.05, 4.69) is 4.72 Å². The van der Waals surface area contributed by atoms with Gasteiger partial charge in [-0.15, -0.1) is 0 Å². The second-order valence-corrected chi connectivity index (χ2v) is 5.35. The topological polar surface area (TPSA) is 66.4 Å². The van der Waals surface area contributed by atoms with Crippen molar-refractivity contribution in [1.82, 2.24) is 4.72 Å². The van der Waals surface area contributed by atoms with E-state index in [1.54, 1.807) is 0 Å². The number of aliphatic hydroxyl groups is 1. The fourth-order valence-corrected chi connectivity index (χ4v) is 2.62. The minimum Gasteiger partial charge on any atom is -0.395 e. The molecule has 0 aliphatic heterocycles. The second kappa shape index (κ2) is 5.09. The maximum Gasteiger partial charge on any atom is 0.243 e. The normalized spacial score (nSPS) is 13.8. The molecule has 0 aliphatic carbocycles. The Hall–Kier alpha value is -0.690. The lowest BCUT2D eigenvalue weighted by atomic mass is 10.3. The third kappa shape index (κ3) is 2.91. The van der Waals surface area contributed by atoms with Crippen molar-refractivity contribution >= 4 is 21.6 Å². The Labute approximate surface area is 98.1 Å². The molecule has 0 aliphatic rings. The molecular weight excluding hydrogens is 257 g/mol. The highest BCUT2D eigenvalue weighted by Gasteiger charge is 2.22. The molecule has 0 heterocycles. The molecule has 0 spiro atoms. The first kappa shape index (κ1) is 13.4. The Morgan fingerprint density at radius 2 is 2.19 bits per heavy atom. The SMILES string of the molecule is C[C@H](CO)NS(=O)(=O)c1cccc(Cl)c1F. The molecule has 16 heavy (non-hydrogen) atoms. The molecule has 0 saturated heterocycles. The zero-order valence-corrected chi connectivity index (χ0v) is 10.0. The molecule has 1 rings (SSSR count). The van der Waals surface area contributed by atoms with Gasteiger partial charge >= 0.3 is 0 Å². The first-order valence-electron chi connectivity index (χ1n) is 4.45. The smallest absolute Gasteiger partial charge is 0.243 e. The van der Waals surface area contributed by atoms with Crippen LogP contribution in [0.4, 0.5) is 4.39 Å². The van der Waals surface area contributed by atoms with Crippen molar-refractivity contribution < 1.29 is 17.9 Å². The number of benzene rings is 1. The van der Waals surface area contributed by atoms with Gasteiger partial charge in [0.15, 0.2) is 5.82 Å². The molecule has 2 N–H and O–H groups in total. The lowest BCUT2D eigenvalue weighted by Gasteiger charge is -2.12. The van der Waals surface area contributed by atoms with Gasteiger partial charge in [-0.2, -0.15) is 0 Å². The van der Waals surface area contributed by atoms with Crippen molar-refractivity contribution in [3.63, 3.8) is 0 Å². The summed E-state index contributed by atoms with van der Waals surface area (Å²) in [6.07, 6.45) is 0. The van der Waals surface area contributed by atoms with E-state index in [-0.39, 0.29) is 11.6 Å². The summed E-state index contributed by atoms with van der Waals surface area (Å²) in [5.74, 6) is -0.998. The maximum absolute atomic E-state index is 13.4. The zero-order chi connectivity index (χ0) is 12.3. The average Bonchev–Trinajstić information content (AvgIpc) is 2.21. The van der Waals surface area contributed by atoms with Gasteiger partial charge < -0.3 is 5.11 Å². The van der Waals surface area contributed by atoms with Crippen LogP contribution in [0.3, 0.4) is 0 Å². The van der Waals surface area contributed by atoms with E-state index in [0.717, 1.165) is 6.07 Å². The molecule has 90 valence electrons. The molecular formula is C9H11ClFNO3S. The Morgan fingerprint density at radius 3 is 2.75 bits per heavy atom. The van der Waals surface area contributed by atoms with Crippen molar-refractivity contribution in [2.45, 2.75) is 17.9 Å². The first-order chi connectivity index (χ1) is 7.38. The first-order valence-corrected chi connectivity index (χ1v) is 6.32. The van der Waals surface area contributed by atoms with Gasteiger partial charge in [-0.1, -0.05) is 17.7 Å². The van der Waals surface area contributed by atoms with Gasteiger partial charge in [-0.25, -0.2) is 17.5 Å². The van der Waals surface area contributed by atoms with Crippen molar-refractivity contribution in [3.05, 3.63) is 29.0 Å². The van der Waals surface area contributed by atoms with Crippen LogP contribution in [0.5, 0.6) is 0 Å².